The van der Waals surface area contributed by atoms with Crippen molar-refractivity contribution < 1.29 is 0 Å². The molecule has 3 heteroatoms. The van der Waals surface area contributed by atoms with Crippen LogP contribution in [0.3, 0.4) is 0 Å². The molecule has 1 aromatic carbocycles. The predicted molar refractivity (Wildman–Crippen MR) is 49.3 cm³/mol. The first kappa shape index (κ1) is 10.4. The molecule has 0 amide bonds. The van der Waals surface area contributed by atoms with Gasteiger partial charge < -0.3 is 0 Å². The van der Waals surface area contributed by atoms with E-state index >= 15 is 0 Å². The summed E-state index contributed by atoms with van der Waals surface area (Å²) in [7, 11) is 1.85. The van der Waals surface area contributed by atoms with Gasteiger partial charge in [0.15, 0.2) is 0 Å². The van der Waals surface area contributed by atoms with E-state index < -0.39 is 0 Å². The molecule has 0 aliphatic carbocycles. The van der Waals surface area contributed by atoms with Gasteiger partial charge in [0.05, 0.1) is 0 Å². The molecular formula is C8H13ClN2. The van der Waals surface area contributed by atoms with Crippen molar-refractivity contribution in [2.75, 3.05) is 7.05 Å². The number of nitrogens with zero attached hydrogens (tertiary/aromatic N) is 1. The number of hydrazine groups is 1. The Hall–Kier alpha value is -0.570. The van der Waals surface area contributed by atoms with Crippen LogP contribution in [-0.4, -0.2) is 12.1 Å². The highest BCUT2D eigenvalue weighted by Crippen LogP contribution is 1.98. The van der Waals surface area contributed by atoms with Crippen molar-refractivity contribution >= 4 is 12.4 Å². The molecule has 0 unspecified atom stereocenters. The van der Waals surface area contributed by atoms with Gasteiger partial charge in [-0.2, -0.15) is 0 Å². The van der Waals surface area contributed by atoms with Gasteiger partial charge in [-0.25, -0.2) is 5.01 Å². The van der Waals surface area contributed by atoms with Crippen molar-refractivity contribution in [3.05, 3.63) is 35.9 Å². The van der Waals surface area contributed by atoms with Crippen molar-refractivity contribution in [1.29, 1.82) is 0 Å². The van der Waals surface area contributed by atoms with Gasteiger partial charge in [0.25, 0.3) is 0 Å². The van der Waals surface area contributed by atoms with Crippen LogP contribution >= 0.6 is 12.4 Å². The molecule has 0 atom stereocenters. The largest absolute Gasteiger partial charge is 0.269 e. The van der Waals surface area contributed by atoms with E-state index in [0.717, 1.165) is 6.54 Å². The van der Waals surface area contributed by atoms with Gasteiger partial charge >= 0.3 is 0 Å². The number of benzene rings is 1. The molecule has 11 heavy (non-hydrogen) atoms. The molecular weight excluding hydrogens is 160 g/mol. The summed E-state index contributed by atoms with van der Waals surface area (Å²) in [6, 6.07) is 10.1. The molecule has 1 aromatic rings. The van der Waals surface area contributed by atoms with E-state index in [9.17, 15) is 0 Å². The van der Waals surface area contributed by atoms with Crippen LogP contribution in [0.4, 0.5) is 0 Å². The first-order valence-corrected chi connectivity index (χ1v) is 3.29. The van der Waals surface area contributed by atoms with E-state index in [1.54, 1.807) is 5.01 Å². The maximum atomic E-state index is 5.46. The highest BCUT2D eigenvalue weighted by Gasteiger charge is 1.90. The summed E-state index contributed by atoms with van der Waals surface area (Å²) >= 11 is 0. The standard InChI is InChI=1S/C8H12N2.ClH/c1-10(9)7-8-5-3-2-4-6-8;/h2-6H,7,9H2,1H3;1H. The summed E-state index contributed by atoms with van der Waals surface area (Å²) in [5.74, 6) is 5.46. The van der Waals surface area contributed by atoms with Crippen molar-refractivity contribution in [2.24, 2.45) is 5.84 Å². The van der Waals surface area contributed by atoms with E-state index in [1.807, 2.05) is 25.2 Å². The summed E-state index contributed by atoms with van der Waals surface area (Å²) in [4.78, 5) is 0. The van der Waals surface area contributed by atoms with Crippen LogP contribution in [0.15, 0.2) is 30.3 Å². The van der Waals surface area contributed by atoms with Crippen molar-refractivity contribution in [3.8, 4) is 0 Å². The normalized spacial score (nSPS) is 9.36. The van der Waals surface area contributed by atoms with Gasteiger partial charge in [0, 0.05) is 13.6 Å². The third kappa shape index (κ3) is 3.98. The molecule has 0 heterocycles. The zero-order valence-corrected chi connectivity index (χ0v) is 7.34. The number of halogens is 1. The molecule has 0 saturated heterocycles. The summed E-state index contributed by atoms with van der Waals surface area (Å²) in [6.07, 6.45) is 0. The second-order valence-electron chi connectivity index (χ2n) is 2.40. The molecule has 0 fully saturated rings. The molecule has 2 N–H and O–H groups in total. The maximum absolute atomic E-state index is 5.46. The number of rotatable bonds is 2. The lowest BCUT2D eigenvalue weighted by Gasteiger charge is -2.07. The molecule has 0 saturated carbocycles. The molecule has 2 nitrogen and oxygen atoms in total. The molecule has 0 aliphatic heterocycles. The topological polar surface area (TPSA) is 29.3 Å². The van der Waals surface area contributed by atoms with Crippen molar-refractivity contribution in [1.82, 2.24) is 5.01 Å². The average Bonchev–Trinajstić information content (AvgIpc) is 1.88. The number of nitrogens with two attached hydrogens (primary N) is 1. The summed E-state index contributed by atoms with van der Waals surface area (Å²) < 4.78 is 0. The van der Waals surface area contributed by atoms with Crippen LogP contribution in [0.1, 0.15) is 5.56 Å². The lowest BCUT2D eigenvalue weighted by atomic mass is 10.2. The average molecular weight is 173 g/mol. The quantitative estimate of drug-likeness (QED) is 0.540. The minimum absolute atomic E-state index is 0. The Balaban J connectivity index is 0.000001000. The van der Waals surface area contributed by atoms with Crippen LogP contribution in [0.5, 0.6) is 0 Å². The van der Waals surface area contributed by atoms with Crippen LogP contribution in [-0.2, 0) is 6.54 Å². The first-order valence-electron chi connectivity index (χ1n) is 3.29. The zero-order chi connectivity index (χ0) is 7.40. The van der Waals surface area contributed by atoms with Gasteiger partial charge in [0.2, 0.25) is 0 Å². The van der Waals surface area contributed by atoms with E-state index in [2.05, 4.69) is 12.1 Å². The highest BCUT2D eigenvalue weighted by atomic mass is 35.5. The monoisotopic (exact) mass is 172 g/mol. The zero-order valence-electron chi connectivity index (χ0n) is 6.53. The lowest BCUT2D eigenvalue weighted by Crippen LogP contribution is -2.24. The van der Waals surface area contributed by atoms with Crippen LogP contribution in [0.2, 0.25) is 0 Å². The Kier molecular flexibility index (Phi) is 4.86. The molecule has 0 radical (unpaired) electrons. The molecule has 1 rings (SSSR count). The summed E-state index contributed by atoms with van der Waals surface area (Å²) in [6.45, 7) is 0.806. The smallest absolute Gasteiger partial charge is 0.0376 e. The van der Waals surface area contributed by atoms with Crippen LogP contribution in [0, 0.1) is 0 Å². The van der Waals surface area contributed by atoms with E-state index in [0.29, 0.717) is 0 Å². The Morgan fingerprint density at radius 2 is 1.82 bits per heavy atom. The number of hydrogen-bond acceptors (Lipinski definition) is 2. The lowest BCUT2D eigenvalue weighted by molar-refractivity contribution is 0.341. The minimum Gasteiger partial charge on any atom is -0.269 e. The summed E-state index contributed by atoms with van der Waals surface area (Å²) in [5, 5.41) is 1.66. The van der Waals surface area contributed by atoms with E-state index in [4.69, 9.17) is 5.84 Å². The highest BCUT2D eigenvalue weighted by molar-refractivity contribution is 5.85. The van der Waals surface area contributed by atoms with Gasteiger partial charge in [-0.1, -0.05) is 30.3 Å². The Morgan fingerprint density at radius 1 is 1.27 bits per heavy atom. The van der Waals surface area contributed by atoms with Crippen molar-refractivity contribution in [2.45, 2.75) is 6.54 Å². The Labute approximate surface area is 73.4 Å². The third-order valence-electron chi connectivity index (χ3n) is 1.27. The predicted octanol–water partition coefficient (Wildman–Crippen LogP) is 1.41. The van der Waals surface area contributed by atoms with E-state index in [-0.39, 0.29) is 12.4 Å². The second-order valence-corrected chi connectivity index (χ2v) is 2.40. The minimum atomic E-state index is 0. The number of hydrogen-bond donors (Lipinski definition) is 1. The molecule has 0 aromatic heterocycles. The fourth-order valence-corrected chi connectivity index (χ4v) is 0.871. The fraction of sp³-hybridized carbons (Fsp3) is 0.250. The fourth-order valence-electron chi connectivity index (χ4n) is 0.871. The Bertz CT molecular complexity index is 187. The first-order chi connectivity index (χ1) is 4.79. The third-order valence-corrected chi connectivity index (χ3v) is 1.27. The Morgan fingerprint density at radius 3 is 2.27 bits per heavy atom. The maximum Gasteiger partial charge on any atom is 0.0376 e. The van der Waals surface area contributed by atoms with Crippen LogP contribution in [0.25, 0.3) is 0 Å². The molecule has 0 spiro atoms. The summed E-state index contributed by atoms with van der Waals surface area (Å²) in [5.41, 5.74) is 1.24. The van der Waals surface area contributed by atoms with Gasteiger partial charge in [-0.3, -0.25) is 5.84 Å². The van der Waals surface area contributed by atoms with Gasteiger partial charge in [0.1, 0.15) is 0 Å². The van der Waals surface area contributed by atoms with Gasteiger partial charge in [-0.05, 0) is 5.56 Å². The second kappa shape index (κ2) is 5.13. The SMILES string of the molecule is CN(N)Cc1ccccc1.Cl. The van der Waals surface area contributed by atoms with Crippen LogP contribution < -0.4 is 5.84 Å². The molecule has 62 valence electrons. The molecule has 0 aliphatic rings. The van der Waals surface area contributed by atoms with Gasteiger partial charge in [-0.15, -0.1) is 12.4 Å². The molecule has 0 bridgehead atoms. The van der Waals surface area contributed by atoms with Crippen molar-refractivity contribution in [3.63, 3.8) is 0 Å². The van der Waals surface area contributed by atoms with E-state index in [1.165, 1.54) is 5.56 Å².